The third-order valence-electron chi connectivity index (χ3n) is 3.29. The zero-order chi connectivity index (χ0) is 14.8. The number of ether oxygens (including phenoxy) is 1. The van der Waals surface area contributed by atoms with Crippen LogP contribution in [0.3, 0.4) is 0 Å². The zero-order valence-corrected chi connectivity index (χ0v) is 12.0. The average Bonchev–Trinajstić information content (AvgIpc) is 2.44. The molecule has 1 heterocycles. The van der Waals surface area contributed by atoms with E-state index < -0.39 is 5.41 Å². The van der Waals surface area contributed by atoms with Crippen LogP contribution in [0.25, 0.3) is 0 Å². The first-order valence-electron chi connectivity index (χ1n) is 6.62. The fraction of sp³-hybridized carbons (Fsp3) is 0.467. The van der Waals surface area contributed by atoms with Gasteiger partial charge in [0.25, 0.3) is 5.91 Å². The minimum absolute atomic E-state index is 0.0660. The van der Waals surface area contributed by atoms with Crippen molar-refractivity contribution in [3.8, 4) is 11.8 Å². The predicted octanol–water partition coefficient (Wildman–Crippen LogP) is 2.22. The van der Waals surface area contributed by atoms with E-state index in [1.54, 1.807) is 0 Å². The second kappa shape index (κ2) is 5.51. The second-order valence-corrected chi connectivity index (χ2v) is 5.69. The van der Waals surface area contributed by atoms with Crippen molar-refractivity contribution >= 4 is 11.6 Å². The highest BCUT2D eigenvalue weighted by atomic mass is 16.5. The summed E-state index contributed by atoms with van der Waals surface area (Å²) in [6.07, 6.45) is 0. The summed E-state index contributed by atoms with van der Waals surface area (Å²) < 4.78 is 5.33. The number of nitrogens with zero attached hydrogens (tertiary/aromatic N) is 1. The van der Waals surface area contributed by atoms with Crippen LogP contribution >= 0.6 is 0 Å². The first-order valence-corrected chi connectivity index (χ1v) is 6.62. The molecule has 2 rings (SSSR count). The van der Waals surface area contributed by atoms with Crippen molar-refractivity contribution < 1.29 is 9.53 Å². The highest BCUT2D eigenvalue weighted by Crippen LogP contribution is 2.30. The Balaban J connectivity index is 2.08. The van der Waals surface area contributed by atoms with E-state index >= 15 is 0 Å². The summed E-state index contributed by atoms with van der Waals surface area (Å²) in [6, 6.07) is 8.08. The Morgan fingerprint density at radius 2 is 2.30 bits per heavy atom. The maximum Gasteiger partial charge on any atom is 0.262 e. The molecule has 5 heteroatoms. The Morgan fingerprint density at radius 3 is 3.00 bits per heavy atom. The SMILES string of the molecule is CC(NCC(C)(C)C#N)c1ccc2c(c1)NC(=O)CO2. The Kier molecular flexibility index (Phi) is 3.96. The molecule has 20 heavy (non-hydrogen) atoms. The normalized spacial score (nSPS) is 15.6. The van der Waals surface area contributed by atoms with Gasteiger partial charge in [-0.05, 0) is 38.5 Å². The van der Waals surface area contributed by atoms with E-state index in [0.717, 1.165) is 5.56 Å². The Bertz CT molecular complexity index is 561. The quantitative estimate of drug-likeness (QED) is 0.882. The molecular weight excluding hydrogens is 254 g/mol. The molecule has 106 valence electrons. The van der Waals surface area contributed by atoms with Crippen molar-refractivity contribution in [3.63, 3.8) is 0 Å². The first-order chi connectivity index (χ1) is 9.41. The van der Waals surface area contributed by atoms with Crippen LogP contribution in [0.1, 0.15) is 32.4 Å². The molecule has 0 fully saturated rings. The summed E-state index contributed by atoms with van der Waals surface area (Å²) in [5.74, 6) is 0.554. The van der Waals surface area contributed by atoms with Gasteiger partial charge in [0.15, 0.2) is 6.61 Å². The van der Waals surface area contributed by atoms with Crippen LogP contribution in [-0.4, -0.2) is 19.1 Å². The Morgan fingerprint density at radius 1 is 1.55 bits per heavy atom. The van der Waals surface area contributed by atoms with Gasteiger partial charge in [-0.1, -0.05) is 6.07 Å². The topological polar surface area (TPSA) is 74.2 Å². The molecule has 1 atom stereocenters. The average molecular weight is 273 g/mol. The fourth-order valence-corrected chi connectivity index (χ4v) is 1.94. The molecule has 0 spiro atoms. The fourth-order valence-electron chi connectivity index (χ4n) is 1.94. The molecule has 1 aromatic rings. The summed E-state index contributed by atoms with van der Waals surface area (Å²) >= 11 is 0. The second-order valence-electron chi connectivity index (χ2n) is 5.69. The molecule has 1 amide bonds. The van der Waals surface area contributed by atoms with E-state index in [4.69, 9.17) is 10.00 Å². The predicted molar refractivity (Wildman–Crippen MR) is 76.4 cm³/mol. The summed E-state index contributed by atoms with van der Waals surface area (Å²) in [5.41, 5.74) is 1.34. The lowest BCUT2D eigenvalue weighted by Gasteiger charge is -2.23. The van der Waals surface area contributed by atoms with Gasteiger partial charge in [-0.15, -0.1) is 0 Å². The van der Waals surface area contributed by atoms with E-state index in [1.165, 1.54) is 0 Å². The number of anilines is 1. The molecule has 5 nitrogen and oxygen atoms in total. The zero-order valence-electron chi connectivity index (χ0n) is 12.0. The minimum atomic E-state index is -0.403. The van der Waals surface area contributed by atoms with Crippen molar-refractivity contribution in [2.24, 2.45) is 5.41 Å². The highest BCUT2D eigenvalue weighted by Gasteiger charge is 2.20. The highest BCUT2D eigenvalue weighted by molar-refractivity contribution is 5.95. The molecule has 0 aliphatic carbocycles. The minimum Gasteiger partial charge on any atom is -0.482 e. The van der Waals surface area contributed by atoms with Crippen molar-refractivity contribution in [1.29, 1.82) is 5.26 Å². The number of hydrogen-bond acceptors (Lipinski definition) is 4. The number of rotatable bonds is 4. The molecule has 0 bridgehead atoms. The third-order valence-corrected chi connectivity index (χ3v) is 3.29. The van der Waals surface area contributed by atoms with Gasteiger partial charge < -0.3 is 15.4 Å². The smallest absolute Gasteiger partial charge is 0.262 e. The standard InChI is InChI=1S/C15H19N3O2/c1-10(17-9-15(2,3)8-16)11-4-5-13-12(6-11)18-14(19)7-20-13/h4-6,10,17H,7,9H2,1-3H3,(H,18,19). The number of fused-ring (bicyclic) bond motifs is 1. The lowest BCUT2D eigenvalue weighted by Crippen LogP contribution is -2.30. The van der Waals surface area contributed by atoms with Crippen LogP contribution in [0.5, 0.6) is 5.75 Å². The van der Waals surface area contributed by atoms with Gasteiger partial charge in [0.2, 0.25) is 0 Å². The van der Waals surface area contributed by atoms with Gasteiger partial charge in [-0.3, -0.25) is 4.79 Å². The van der Waals surface area contributed by atoms with Gasteiger partial charge >= 0.3 is 0 Å². The molecule has 0 saturated heterocycles. The number of benzene rings is 1. The van der Waals surface area contributed by atoms with Crippen molar-refractivity contribution in [3.05, 3.63) is 23.8 Å². The van der Waals surface area contributed by atoms with Crippen LogP contribution < -0.4 is 15.4 Å². The van der Waals surface area contributed by atoms with Gasteiger partial charge in [0.05, 0.1) is 17.2 Å². The van der Waals surface area contributed by atoms with Crippen LogP contribution in [0, 0.1) is 16.7 Å². The lowest BCUT2D eigenvalue weighted by atomic mass is 9.95. The van der Waals surface area contributed by atoms with Crippen LogP contribution in [0.4, 0.5) is 5.69 Å². The maximum absolute atomic E-state index is 11.3. The molecule has 0 saturated carbocycles. The van der Waals surface area contributed by atoms with Crippen LogP contribution in [-0.2, 0) is 4.79 Å². The number of carbonyl (C=O) groups is 1. The maximum atomic E-state index is 11.3. The lowest BCUT2D eigenvalue weighted by molar-refractivity contribution is -0.118. The number of nitrogens with one attached hydrogen (secondary N) is 2. The number of amides is 1. The largest absolute Gasteiger partial charge is 0.482 e. The van der Waals surface area contributed by atoms with Gasteiger partial charge in [0, 0.05) is 12.6 Å². The number of nitriles is 1. The summed E-state index contributed by atoms with van der Waals surface area (Å²) in [4.78, 5) is 11.3. The van der Waals surface area contributed by atoms with E-state index in [1.807, 2.05) is 39.0 Å². The van der Waals surface area contributed by atoms with Crippen molar-refractivity contribution in [1.82, 2.24) is 5.32 Å². The van der Waals surface area contributed by atoms with Gasteiger partial charge in [0.1, 0.15) is 5.75 Å². The Hall–Kier alpha value is -2.06. The summed E-state index contributed by atoms with van der Waals surface area (Å²) in [6.45, 7) is 6.49. The molecule has 1 aromatic carbocycles. The number of hydrogen-bond donors (Lipinski definition) is 2. The molecular formula is C15H19N3O2. The molecule has 0 radical (unpaired) electrons. The molecule has 1 aliphatic rings. The van der Waals surface area contributed by atoms with E-state index in [9.17, 15) is 4.79 Å². The first kappa shape index (κ1) is 14.4. The molecule has 2 N–H and O–H groups in total. The van der Waals surface area contributed by atoms with Crippen molar-refractivity contribution in [2.75, 3.05) is 18.5 Å². The molecule has 1 unspecified atom stereocenters. The van der Waals surface area contributed by atoms with E-state index in [2.05, 4.69) is 16.7 Å². The van der Waals surface area contributed by atoms with Crippen LogP contribution in [0.15, 0.2) is 18.2 Å². The third kappa shape index (κ3) is 3.28. The van der Waals surface area contributed by atoms with E-state index in [-0.39, 0.29) is 18.6 Å². The molecule has 0 aromatic heterocycles. The van der Waals surface area contributed by atoms with Gasteiger partial charge in [-0.25, -0.2) is 0 Å². The van der Waals surface area contributed by atoms with Gasteiger partial charge in [-0.2, -0.15) is 5.26 Å². The summed E-state index contributed by atoms with van der Waals surface area (Å²) in [7, 11) is 0. The summed E-state index contributed by atoms with van der Waals surface area (Å²) in [5, 5.41) is 15.1. The van der Waals surface area contributed by atoms with Crippen molar-refractivity contribution in [2.45, 2.75) is 26.8 Å². The monoisotopic (exact) mass is 273 g/mol. The Labute approximate surface area is 118 Å². The van der Waals surface area contributed by atoms with E-state index in [0.29, 0.717) is 18.0 Å². The molecule has 1 aliphatic heterocycles. The number of carbonyl (C=O) groups excluding carboxylic acids is 1. The van der Waals surface area contributed by atoms with Crippen LogP contribution in [0.2, 0.25) is 0 Å².